The Bertz CT molecular complexity index is 991. The van der Waals surface area contributed by atoms with E-state index in [1.54, 1.807) is 24.4 Å². The average Bonchev–Trinajstić information content (AvgIpc) is 3.23. The number of morpholine rings is 1. The Balaban J connectivity index is 0.000000604. The highest BCUT2D eigenvalue weighted by Crippen LogP contribution is 2.36. The zero-order chi connectivity index (χ0) is 25.1. The molecule has 3 rings (SSSR count). The standard InChI is InChI=1S/C20H23FN2O4S.C2H2O4/c1-2-27-20(25)18-16(14-3-5-15(21)6-4-14)13-28-19(18)22-17(24)7-8-23-9-11-26-12-10-23;3-1(4)2(5)6/h3-6,13H,2,7-12H2,1H3,(H,22,24);(H,3,4)(H,5,6). The summed E-state index contributed by atoms with van der Waals surface area (Å²) in [7, 11) is 0. The van der Waals surface area contributed by atoms with Gasteiger partial charge < -0.3 is 25.0 Å². The first-order valence-electron chi connectivity index (χ1n) is 10.3. The summed E-state index contributed by atoms with van der Waals surface area (Å²) < 4.78 is 23.7. The minimum atomic E-state index is -1.82. The number of carboxylic acids is 2. The number of carbonyl (C=O) groups excluding carboxylic acids is 2. The highest BCUT2D eigenvalue weighted by Gasteiger charge is 2.23. The average molecular weight is 497 g/mol. The summed E-state index contributed by atoms with van der Waals surface area (Å²) in [6.07, 6.45) is 0.325. The molecule has 3 N–H and O–H groups in total. The molecule has 1 aliphatic heterocycles. The van der Waals surface area contributed by atoms with Gasteiger partial charge in [0.05, 0.1) is 19.8 Å². The SMILES string of the molecule is CCOC(=O)c1c(-c2ccc(F)cc2)csc1NC(=O)CCN1CCOCC1.O=C(O)C(=O)O. The Hall–Kier alpha value is -3.35. The summed E-state index contributed by atoms with van der Waals surface area (Å²) >= 11 is 1.26. The molecule has 0 spiro atoms. The van der Waals surface area contributed by atoms with E-state index in [0.717, 1.165) is 13.1 Å². The molecule has 34 heavy (non-hydrogen) atoms. The first-order chi connectivity index (χ1) is 16.2. The van der Waals surface area contributed by atoms with Crippen LogP contribution in [0.4, 0.5) is 9.39 Å². The molecule has 10 nitrogen and oxygen atoms in total. The van der Waals surface area contributed by atoms with Gasteiger partial charge in [0.15, 0.2) is 0 Å². The third-order valence-corrected chi connectivity index (χ3v) is 5.52. The molecule has 0 saturated carbocycles. The minimum Gasteiger partial charge on any atom is -0.473 e. The predicted molar refractivity (Wildman–Crippen MR) is 121 cm³/mol. The molecule has 1 saturated heterocycles. The van der Waals surface area contributed by atoms with Gasteiger partial charge in [0.2, 0.25) is 5.91 Å². The Morgan fingerprint density at radius 2 is 1.74 bits per heavy atom. The second-order valence-corrected chi connectivity index (χ2v) is 7.82. The van der Waals surface area contributed by atoms with Crippen molar-refractivity contribution < 1.29 is 43.3 Å². The first-order valence-corrected chi connectivity index (χ1v) is 11.2. The molecule has 1 aliphatic rings. The van der Waals surface area contributed by atoms with Gasteiger partial charge in [0.1, 0.15) is 16.4 Å². The van der Waals surface area contributed by atoms with Crippen LogP contribution in [0.5, 0.6) is 0 Å². The first kappa shape index (κ1) is 26.9. The molecule has 0 radical (unpaired) electrons. The largest absolute Gasteiger partial charge is 0.473 e. The van der Waals surface area contributed by atoms with Crippen LogP contribution in [0.15, 0.2) is 29.6 Å². The lowest BCUT2D eigenvalue weighted by atomic mass is 10.0. The van der Waals surface area contributed by atoms with E-state index in [1.807, 2.05) is 0 Å². The molecule has 0 bridgehead atoms. The summed E-state index contributed by atoms with van der Waals surface area (Å²) in [5, 5.41) is 19.8. The molecule has 2 heterocycles. The molecule has 0 atom stereocenters. The summed E-state index contributed by atoms with van der Waals surface area (Å²) in [6, 6.07) is 5.87. The maximum Gasteiger partial charge on any atom is 0.414 e. The fourth-order valence-corrected chi connectivity index (χ4v) is 3.94. The van der Waals surface area contributed by atoms with E-state index in [-0.39, 0.29) is 18.3 Å². The smallest absolute Gasteiger partial charge is 0.414 e. The maximum absolute atomic E-state index is 13.2. The molecule has 1 amide bonds. The molecule has 2 aromatic rings. The van der Waals surface area contributed by atoms with Crippen molar-refractivity contribution in [3.8, 4) is 11.1 Å². The Morgan fingerprint density at radius 3 is 2.29 bits per heavy atom. The zero-order valence-electron chi connectivity index (χ0n) is 18.4. The molecule has 1 aromatic heterocycles. The third kappa shape index (κ3) is 8.21. The topological polar surface area (TPSA) is 142 Å². The lowest BCUT2D eigenvalue weighted by molar-refractivity contribution is -0.159. The number of thiophene rings is 1. The summed E-state index contributed by atoms with van der Waals surface area (Å²) in [5.74, 6) is -4.67. The van der Waals surface area contributed by atoms with Crippen molar-refractivity contribution in [2.24, 2.45) is 0 Å². The van der Waals surface area contributed by atoms with Crippen molar-refractivity contribution in [2.45, 2.75) is 13.3 Å². The van der Waals surface area contributed by atoms with Gasteiger partial charge in [-0.3, -0.25) is 9.69 Å². The maximum atomic E-state index is 13.2. The van der Waals surface area contributed by atoms with Crippen LogP contribution in [-0.2, 0) is 23.9 Å². The van der Waals surface area contributed by atoms with E-state index in [4.69, 9.17) is 29.3 Å². The van der Waals surface area contributed by atoms with Crippen molar-refractivity contribution in [3.63, 3.8) is 0 Å². The molecule has 12 heteroatoms. The molecule has 1 aromatic carbocycles. The highest BCUT2D eigenvalue weighted by molar-refractivity contribution is 7.15. The number of esters is 1. The van der Waals surface area contributed by atoms with Crippen molar-refractivity contribution in [3.05, 3.63) is 41.0 Å². The van der Waals surface area contributed by atoms with Crippen molar-refractivity contribution in [1.29, 1.82) is 0 Å². The molecule has 1 fully saturated rings. The quantitative estimate of drug-likeness (QED) is 0.389. The van der Waals surface area contributed by atoms with Crippen LogP contribution in [0, 0.1) is 5.82 Å². The van der Waals surface area contributed by atoms with E-state index in [2.05, 4.69) is 10.2 Å². The zero-order valence-corrected chi connectivity index (χ0v) is 19.2. The third-order valence-electron chi connectivity index (χ3n) is 4.62. The number of amides is 1. The van der Waals surface area contributed by atoms with Crippen LogP contribution in [-0.4, -0.2) is 78.4 Å². The number of hydrogen-bond donors (Lipinski definition) is 3. The van der Waals surface area contributed by atoms with E-state index in [1.165, 1.54) is 23.5 Å². The number of anilines is 1. The number of aliphatic carboxylic acids is 2. The number of nitrogens with one attached hydrogen (secondary N) is 1. The monoisotopic (exact) mass is 496 g/mol. The Morgan fingerprint density at radius 1 is 1.12 bits per heavy atom. The van der Waals surface area contributed by atoms with Crippen LogP contribution >= 0.6 is 11.3 Å². The summed E-state index contributed by atoms with van der Waals surface area (Å²) in [4.78, 5) is 45.3. The lowest BCUT2D eigenvalue weighted by Gasteiger charge is -2.26. The van der Waals surface area contributed by atoms with Crippen LogP contribution in [0.2, 0.25) is 0 Å². The van der Waals surface area contributed by atoms with Gasteiger partial charge in [-0.05, 0) is 24.6 Å². The van der Waals surface area contributed by atoms with Gasteiger partial charge in [-0.25, -0.2) is 18.8 Å². The number of carboxylic acid groups (broad SMARTS) is 2. The van der Waals surface area contributed by atoms with Crippen LogP contribution in [0.3, 0.4) is 0 Å². The van der Waals surface area contributed by atoms with Crippen LogP contribution < -0.4 is 5.32 Å². The molecular formula is C22H25FN2O8S. The van der Waals surface area contributed by atoms with Crippen molar-refractivity contribution in [2.75, 3.05) is 44.8 Å². The summed E-state index contributed by atoms with van der Waals surface area (Å²) in [5.41, 5.74) is 1.61. The molecule has 0 aliphatic carbocycles. The normalized spacial score (nSPS) is 13.4. The lowest BCUT2D eigenvalue weighted by Crippen LogP contribution is -2.38. The van der Waals surface area contributed by atoms with Crippen molar-refractivity contribution >= 4 is 40.2 Å². The number of carbonyl (C=O) groups is 4. The summed E-state index contributed by atoms with van der Waals surface area (Å²) in [6.45, 7) is 5.58. The number of rotatable bonds is 7. The number of hydrogen-bond acceptors (Lipinski definition) is 8. The second kappa shape index (κ2) is 13.4. The highest BCUT2D eigenvalue weighted by atomic mass is 32.1. The molecular weight excluding hydrogens is 471 g/mol. The van der Waals surface area contributed by atoms with Gasteiger partial charge in [-0.15, -0.1) is 11.3 Å². The number of ether oxygens (including phenoxy) is 2. The van der Waals surface area contributed by atoms with Crippen LogP contribution in [0.25, 0.3) is 11.1 Å². The van der Waals surface area contributed by atoms with Gasteiger partial charge in [-0.1, -0.05) is 12.1 Å². The van der Waals surface area contributed by atoms with Gasteiger partial charge >= 0.3 is 17.9 Å². The minimum absolute atomic E-state index is 0.162. The Labute approximate surface area is 198 Å². The fourth-order valence-electron chi connectivity index (χ4n) is 2.97. The predicted octanol–water partition coefficient (Wildman–Crippen LogP) is 2.55. The fraction of sp³-hybridized carbons (Fsp3) is 0.364. The van der Waals surface area contributed by atoms with E-state index in [0.29, 0.717) is 47.9 Å². The molecule has 0 unspecified atom stereocenters. The number of halogens is 1. The number of nitrogens with zero attached hydrogens (tertiary/aromatic N) is 1. The number of benzene rings is 1. The second-order valence-electron chi connectivity index (χ2n) is 6.94. The van der Waals surface area contributed by atoms with Gasteiger partial charge in [0.25, 0.3) is 0 Å². The van der Waals surface area contributed by atoms with Gasteiger partial charge in [-0.2, -0.15) is 0 Å². The van der Waals surface area contributed by atoms with Gasteiger partial charge in [0, 0.05) is 37.0 Å². The van der Waals surface area contributed by atoms with Crippen LogP contribution in [0.1, 0.15) is 23.7 Å². The Kier molecular flexibility index (Phi) is 10.6. The van der Waals surface area contributed by atoms with E-state index < -0.39 is 17.9 Å². The van der Waals surface area contributed by atoms with E-state index in [9.17, 15) is 14.0 Å². The van der Waals surface area contributed by atoms with Crippen molar-refractivity contribution in [1.82, 2.24) is 4.90 Å². The molecule has 184 valence electrons. The van der Waals surface area contributed by atoms with E-state index >= 15 is 0 Å².